The second kappa shape index (κ2) is 3.06. The van der Waals surface area contributed by atoms with Gasteiger partial charge in [-0.15, -0.1) is 0 Å². The normalized spacial score (nSPS) is 9.50. The standard InChI is InChI=1S/C8H10BrN/c1-6-3-4-7(9)5-8(6)10-2/h3-5,10H,1-2H3. The topological polar surface area (TPSA) is 12.0 Å². The summed E-state index contributed by atoms with van der Waals surface area (Å²) in [6.45, 7) is 2.08. The highest BCUT2D eigenvalue weighted by Gasteiger charge is 1.93. The summed E-state index contributed by atoms with van der Waals surface area (Å²) in [5.74, 6) is 0. The number of benzene rings is 1. The maximum Gasteiger partial charge on any atom is 0.0378 e. The molecule has 0 amide bonds. The molecule has 1 nitrogen and oxygen atoms in total. The minimum Gasteiger partial charge on any atom is -0.388 e. The minimum absolute atomic E-state index is 1.11. The molecule has 0 saturated heterocycles. The number of aryl methyl sites for hydroxylation is 1. The molecule has 0 aliphatic rings. The van der Waals surface area contributed by atoms with Crippen LogP contribution >= 0.6 is 15.9 Å². The number of rotatable bonds is 1. The number of halogens is 1. The lowest BCUT2D eigenvalue weighted by Gasteiger charge is -2.03. The molecule has 0 unspecified atom stereocenters. The van der Waals surface area contributed by atoms with Crippen LogP contribution in [0.25, 0.3) is 0 Å². The fourth-order valence-corrected chi connectivity index (χ4v) is 1.22. The first-order valence-electron chi connectivity index (χ1n) is 3.18. The Morgan fingerprint density at radius 2 is 2.10 bits per heavy atom. The molecule has 1 aromatic carbocycles. The first-order chi connectivity index (χ1) is 4.74. The summed E-state index contributed by atoms with van der Waals surface area (Å²) in [6, 6.07) is 6.18. The molecule has 1 N–H and O–H groups in total. The van der Waals surface area contributed by atoms with Crippen molar-refractivity contribution in [3.8, 4) is 0 Å². The van der Waals surface area contributed by atoms with Crippen molar-refractivity contribution >= 4 is 21.6 Å². The van der Waals surface area contributed by atoms with E-state index in [-0.39, 0.29) is 0 Å². The molecule has 0 aliphatic heterocycles. The molecule has 2 heteroatoms. The zero-order chi connectivity index (χ0) is 7.56. The number of hydrogen-bond donors (Lipinski definition) is 1. The Hall–Kier alpha value is -0.500. The SMILES string of the molecule is CNc1cc(Br)ccc1C. The Labute approximate surface area is 69.6 Å². The van der Waals surface area contributed by atoms with Crippen LogP contribution in [0, 0.1) is 6.92 Å². The summed E-state index contributed by atoms with van der Waals surface area (Å²) in [4.78, 5) is 0. The smallest absolute Gasteiger partial charge is 0.0378 e. The van der Waals surface area contributed by atoms with Crippen molar-refractivity contribution < 1.29 is 0 Å². The third-order valence-electron chi connectivity index (χ3n) is 1.47. The molecule has 10 heavy (non-hydrogen) atoms. The maximum atomic E-state index is 3.40. The van der Waals surface area contributed by atoms with Crippen molar-refractivity contribution in [1.82, 2.24) is 0 Å². The van der Waals surface area contributed by atoms with Crippen molar-refractivity contribution in [1.29, 1.82) is 0 Å². The van der Waals surface area contributed by atoms with E-state index in [9.17, 15) is 0 Å². The van der Waals surface area contributed by atoms with E-state index in [1.165, 1.54) is 11.3 Å². The number of anilines is 1. The number of nitrogens with one attached hydrogen (secondary N) is 1. The fraction of sp³-hybridized carbons (Fsp3) is 0.250. The van der Waals surface area contributed by atoms with E-state index in [1.54, 1.807) is 0 Å². The van der Waals surface area contributed by atoms with Gasteiger partial charge in [0.2, 0.25) is 0 Å². The first-order valence-corrected chi connectivity index (χ1v) is 3.97. The molecule has 0 fully saturated rings. The Morgan fingerprint density at radius 1 is 1.40 bits per heavy atom. The summed E-state index contributed by atoms with van der Waals surface area (Å²) in [7, 11) is 1.93. The van der Waals surface area contributed by atoms with Crippen molar-refractivity contribution in [2.24, 2.45) is 0 Å². The van der Waals surface area contributed by atoms with Gasteiger partial charge >= 0.3 is 0 Å². The van der Waals surface area contributed by atoms with E-state index >= 15 is 0 Å². The van der Waals surface area contributed by atoms with Gasteiger partial charge in [-0.1, -0.05) is 22.0 Å². The van der Waals surface area contributed by atoms with Crippen molar-refractivity contribution in [2.75, 3.05) is 12.4 Å². The van der Waals surface area contributed by atoms with Gasteiger partial charge in [0.05, 0.1) is 0 Å². The lowest BCUT2D eigenvalue weighted by molar-refractivity contribution is 1.39. The second-order valence-corrected chi connectivity index (χ2v) is 3.12. The minimum atomic E-state index is 1.11. The van der Waals surface area contributed by atoms with E-state index in [1.807, 2.05) is 13.1 Å². The molecule has 0 spiro atoms. The molecule has 0 saturated carbocycles. The monoisotopic (exact) mass is 199 g/mol. The molecule has 0 aromatic heterocycles. The third kappa shape index (κ3) is 1.51. The van der Waals surface area contributed by atoms with Crippen LogP contribution in [0.15, 0.2) is 22.7 Å². The van der Waals surface area contributed by atoms with Crippen LogP contribution in [0.2, 0.25) is 0 Å². The van der Waals surface area contributed by atoms with Crippen molar-refractivity contribution in [3.05, 3.63) is 28.2 Å². The fourth-order valence-electron chi connectivity index (χ4n) is 0.864. The Balaban J connectivity index is 3.09. The molecule has 0 bridgehead atoms. The molecular formula is C8H10BrN. The highest BCUT2D eigenvalue weighted by Crippen LogP contribution is 2.19. The van der Waals surface area contributed by atoms with Gasteiger partial charge in [0.25, 0.3) is 0 Å². The van der Waals surface area contributed by atoms with E-state index in [4.69, 9.17) is 0 Å². The van der Waals surface area contributed by atoms with Crippen LogP contribution in [-0.4, -0.2) is 7.05 Å². The summed E-state index contributed by atoms with van der Waals surface area (Å²) in [5.41, 5.74) is 2.44. The zero-order valence-electron chi connectivity index (χ0n) is 6.11. The van der Waals surface area contributed by atoms with E-state index < -0.39 is 0 Å². The Bertz CT molecular complexity index is 233. The van der Waals surface area contributed by atoms with Crippen LogP contribution in [0.3, 0.4) is 0 Å². The van der Waals surface area contributed by atoms with Crippen LogP contribution in [0.1, 0.15) is 5.56 Å². The van der Waals surface area contributed by atoms with Crippen LogP contribution < -0.4 is 5.32 Å². The third-order valence-corrected chi connectivity index (χ3v) is 1.96. The Kier molecular flexibility index (Phi) is 2.33. The van der Waals surface area contributed by atoms with Gasteiger partial charge in [-0.3, -0.25) is 0 Å². The molecule has 0 atom stereocenters. The first kappa shape index (κ1) is 7.61. The Morgan fingerprint density at radius 3 is 2.60 bits per heavy atom. The quantitative estimate of drug-likeness (QED) is 0.734. The predicted octanol–water partition coefficient (Wildman–Crippen LogP) is 2.80. The molecule has 1 aromatic rings. The summed E-state index contributed by atoms with van der Waals surface area (Å²) < 4.78 is 1.11. The maximum absolute atomic E-state index is 3.40. The molecule has 54 valence electrons. The summed E-state index contributed by atoms with van der Waals surface area (Å²) in [5, 5.41) is 3.11. The van der Waals surface area contributed by atoms with Crippen LogP contribution in [0.4, 0.5) is 5.69 Å². The van der Waals surface area contributed by atoms with Crippen LogP contribution in [0.5, 0.6) is 0 Å². The van der Waals surface area contributed by atoms with Gasteiger partial charge in [-0.2, -0.15) is 0 Å². The van der Waals surface area contributed by atoms with Crippen molar-refractivity contribution in [2.45, 2.75) is 6.92 Å². The second-order valence-electron chi connectivity index (χ2n) is 2.21. The predicted molar refractivity (Wildman–Crippen MR) is 48.4 cm³/mol. The average molecular weight is 200 g/mol. The lowest BCUT2D eigenvalue weighted by Crippen LogP contribution is -1.90. The van der Waals surface area contributed by atoms with Crippen LogP contribution in [-0.2, 0) is 0 Å². The molecule has 0 radical (unpaired) electrons. The van der Waals surface area contributed by atoms with Gasteiger partial charge in [-0.25, -0.2) is 0 Å². The summed E-state index contributed by atoms with van der Waals surface area (Å²) in [6.07, 6.45) is 0. The summed E-state index contributed by atoms with van der Waals surface area (Å²) >= 11 is 3.40. The largest absolute Gasteiger partial charge is 0.388 e. The van der Waals surface area contributed by atoms with Gasteiger partial charge in [0.15, 0.2) is 0 Å². The van der Waals surface area contributed by atoms with Gasteiger partial charge in [0, 0.05) is 17.2 Å². The van der Waals surface area contributed by atoms with E-state index in [0.29, 0.717) is 0 Å². The van der Waals surface area contributed by atoms with Gasteiger partial charge in [-0.05, 0) is 24.6 Å². The van der Waals surface area contributed by atoms with Gasteiger partial charge in [0.1, 0.15) is 0 Å². The highest BCUT2D eigenvalue weighted by atomic mass is 79.9. The highest BCUT2D eigenvalue weighted by molar-refractivity contribution is 9.10. The number of hydrogen-bond acceptors (Lipinski definition) is 1. The molecule has 0 heterocycles. The van der Waals surface area contributed by atoms with Gasteiger partial charge < -0.3 is 5.32 Å². The molecule has 0 aliphatic carbocycles. The average Bonchev–Trinajstić information content (AvgIpc) is 1.94. The van der Waals surface area contributed by atoms with Crippen molar-refractivity contribution in [3.63, 3.8) is 0 Å². The zero-order valence-corrected chi connectivity index (χ0v) is 7.70. The molecule has 1 rings (SSSR count). The molecular weight excluding hydrogens is 190 g/mol. The van der Waals surface area contributed by atoms with E-state index in [0.717, 1.165) is 4.47 Å². The van der Waals surface area contributed by atoms with E-state index in [2.05, 4.69) is 40.3 Å². The lowest BCUT2D eigenvalue weighted by atomic mass is 10.2.